The molecule has 0 unspecified atom stereocenters. The van der Waals surface area contributed by atoms with Crippen LogP contribution in [-0.2, 0) is 11.3 Å². The molecule has 1 aliphatic heterocycles. The normalized spacial score (nSPS) is 14.6. The van der Waals surface area contributed by atoms with E-state index in [0.717, 1.165) is 50.6 Å². The van der Waals surface area contributed by atoms with Crippen LogP contribution in [0.4, 0.5) is 14.5 Å². The Morgan fingerprint density at radius 2 is 1.78 bits per heavy atom. The highest BCUT2D eigenvalue weighted by Crippen LogP contribution is 2.30. The average molecular weight is 494 g/mol. The third-order valence-electron chi connectivity index (χ3n) is 6.50. The molecule has 1 fully saturated rings. The van der Waals surface area contributed by atoms with E-state index < -0.39 is 11.6 Å². The number of methoxy groups -OCH3 is 1. The molecule has 10 heteroatoms. The fourth-order valence-electron chi connectivity index (χ4n) is 4.56. The number of aromatic nitrogens is 4. The van der Waals surface area contributed by atoms with Gasteiger partial charge in [-0.05, 0) is 36.9 Å². The molecule has 8 nitrogen and oxygen atoms in total. The molecule has 1 aliphatic rings. The van der Waals surface area contributed by atoms with E-state index >= 15 is 0 Å². The topological polar surface area (TPSA) is 82.2 Å². The molecule has 0 saturated carbocycles. The van der Waals surface area contributed by atoms with E-state index in [4.69, 9.17) is 4.74 Å². The van der Waals surface area contributed by atoms with Crippen LogP contribution < -0.4 is 10.2 Å². The van der Waals surface area contributed by atoms with Crippen molar-refractivity contribution in [2.75, 3.05) is 58.4 Å². The van der Waals surface area contributed by atoms with Gasteiger partial charge < -0.3 is 15.0 Å². The number of fused-ring (bicyclic) bond motifs is 1. The SMILES string of the molecule is CNCc1cc(F)c(-c2ncc3[nH]nc(-c4ccc(N5CCN(CCOC)CC5)cc4)c3n2)c(F)c1. The zero-order valence-corrected chi connectivity index (χ0v) is 20.4. The van der Waals surface area contributed by atoms with E-state index in [9.17, 15) is 8.78 Å². The molecule has 0 aliphatic carbocycles. The van der Waals surface area contributed by atoms with Crippen molar-refractivity contribution in [2.45, 2.75) is 6.54 Å². The molecule has 3 heterocycles. The van der Waals surface area contributed by atoms with Gasteiger partial charge >= 0.3 is 0 Å². The molecule has 0 amide bonds. The van der Waals surface area contributed by atoms with Crippen molar-refractivity contribution in [3.05, 3.63) is 59.8 Å². The van der Waals surface area contributed by atoms with Gasteiger partial charge in [-0.1, -0.05) is 12.1 Å². The van der Waals surface area contributed by atoms with Gasteiger partial charge in [0, 0.05) is 57.6 Å². The Morgan fingerprint density at radius 1 is 1.06 bits per heavy atom. The van der Waals surface area contributed by atoms with Gasteiger partial charge in [-0.2, -0.15) is 5.10 Å². The average Bonchev–Trinajstić information content (AvgIpc) is 3.31. The van der Waals surface area contributed by atoms with Crippen molar-refractivity contribution in [2.24, 2.45) is 0 Å². The number of nitrogens with zero attached hydrogens (tertiary/aromatic N) is 5. The zero-order chi connectivity index (χ0) is 25.1. The minimum atomic E-state index is -0.698. The quantitative estimate of drug-likeness (QED) is 0.389. The molecular weight excluding hydrogens is 464 g/mol. The van der Waals surface area contributed by atoms with Gasteiger partial charge in [0.05, 0.1) is 18.4 Å². The summed E-state index contributed by atoms with van der Waals surface area (Å²) < 4.78 is 34.8. The summed E-state index contributed by atoms with van der Waals surface area (Å²) in [6.07, 6.45) is 1.51. The molecule has 188 valence electrons. The maximum atomic E-state index is 14.8. The van der Waals surface area contributed by atoms with Crippen molar-refractivity contribution in [3.63, 3.8) is 0 Å². The zero-order valence-electron chi connectivity index (χ0n) is 20.4. The van der Waals surface area contributed by atoms with E-state index in [1.165, 1.54) is 18.3 Å². The summed E-state index contributed by atoms with van der Waals surface area (Å²) in [4.78, 5) is 13.4. The minimum absolute atomic E-state index is 0.0147. The van der Waals surface area contributed by atoms with Crippen LogP contribution in [0.2, 0.25) is 0 Å². The second-order valence-corrected chi connectivity index (χ2v) is 8.86. The molecule has 0 spiro atoms. The van der Waals surface area contributed by atoms with Crippen LogP contribution in [0.15, 0.2) is 42.6 Å². The molecular formula is C26H29F2N7O. The molecule has 2 aromatic heterocycles. The number of ether oxygens (including phenoxy) is 1. The maximum Gasteiger partial charge on any atom is 0.165 e. The molecule has 36 heavy (non-hydrogen) atoms. The standard InChI is InChI=1S/C26H29F2N7O/c1-29-15-17-13-20(27)23(21(28)14-17)26-30-16-22-25(31-26)24(33-32-22)18-3-5-19(6-4-18)35-9-7-34(8-10-35)11-12-36-2/h3-6,13-14,16,29H,7-12,15H2,1-2H3,(H,32,33). The number of piperazine rings is 1. The number of hydrogen-bond donors (Lipinski definition) is 2. The lowest BCUT2D eigenvalue weighted by Crippen LogP contribution is -2.47. The Bertz CT molecular complexity index is 1310. The maximum absolute atomic E-state index is 14.8. The van der Waals surface area contributed by atoms with Crippen molar-refractivity contribution >= 4 is 16.7 Å². The number of benzene rings is 2. The second-order valence-electron chi connectivity index (χ2n) is 8.86. The Kier molecular flexibility index (Phi) is 7.17. The number of aromatic amines is 1. The van der Waals surface area contributed by atoms with Crippen molar-refractivity contribution in [1.82, 2.24) is 30.4 Å². The fourth-order valence-corrected chi connectivity index (χ4v) is 4.56. The molecule has 1 saturated heterocycles. The van der Waals surface area contributed by atoms with E-state index in [0.29, 0.717) is 28.8 Å². The van der Waals surface area contributed by atoms with E-state index in [2.05, 4.69) is 47.4 Å². The van der Waals surface area contributed by atoms with Gasteiger partial charge in [-0.3, -0.25) is 10.00 Å². The van der Waals surface area contributed by atoms with E-state index in [-0.39, 0.29) is 11.4 Å². The van der Waals surface area contributed by atoms with Crippen molar-refractivity contribution in [1.29, 1.82) is 0 Å². The monoisotopic (exact) mass is 493 g/mol. The number of anilines is 1. The highest BCUT2D eigenvalue weighted by Gasteiger charge is 2.20. The van der Waals surface area contributed by atoms with Crippen molar-refractivity contribution < 1.29 is 13.5 Å². The van der Waals surface area contributed by atoms with Crippen molar-refractivity contribution in [3.8, 4) is 22.6 Å². The van der Waals surface area contributed by atoms with E-state index in [1.54, 1.807) is 14.2 Å². The number of nitrogens with one attached hydrogen (secondary N) is 2. The summed E-state index contributed by atoms with van der Waals surface area (Å²) in [5.41, 5.74) is 3.99. The number of rotatable bonds is 8. The minimum Gasteiger partial charge on any atom is -0.383 e. The Labute approximate surface area is 208 Å². The van der Waals surface area contributed by atoms with Crippen LogP contribution in [0.3, 0.4) is 0 Å². The van der Waals surface area contributed by atoms with Crippen LogP contribution in [0.25, 0.3) is 33.7 Å². The summed E-state index contributed by atoms with van der Waals surface area (Å²) in [6.45, 7) is 5.96. The highest BCUT2D eigenvalue weighted by molar-refractivity contribution is 5.90. The first-order valence-corrected chi connectivity index (χ1v) is 12.0. The van der Waals surface area contributed by atoms with Crippen LogP contribution >= 0.6 is 0 Å². The molecule has 5 rings (SSSR count). The lowest BCUT2D eigenvalue weighted by atomic mass is 10.1. The van der Waals surface area contributed by atoms with Crippen LogP contribution in [-0.4, -0.2) is 78.6 Å². The number of H-pyrrole nitrogens is 1. The summed E-state index contributed by atoms with van der Waals surface area (Å²) in [7, 11) is 3.45. The predicted molar refractivity (Wildman–Crippen MR) is 136 cm³/mol. The lowest BCUT2D eigenvalue weighted by Gasteiger charge is -2.36. The highest BCUT2D eigenvalue weighted by atomic mass is 19.1. The number of hydrogen-bond acceptors (Lipinski definition) is 7. The van der Waals surface area contributed by atoms with Gasteiger partial charge in [0.25, 0.3) is 0 Å². The summed E-state index contributed by atoms with van der Waals surface area (Å²) in [5.74, 6) is -1.41. The first-order valence-electron chi connectivity index (χ1n) is 12.0. The first-order chi connectivity index (χ1) is 17.6. The molecule has 0 radical (unpaired) electrons. The summed E-state index contributed by atoms with van der Waals surface area (Å²) in [5, 5.41) is 10.2. The van der Waals surface area contributed by atoms with Crippen LogP contribution in [0.5, 0.6) is 0 Å². The summed E-state index contributed by atoms with van der Waals surface area (Å²) >= 11 is 0. The van der Waals surface area contributed by atoms with Gasteiger partial charge in [0.2, 0.25) is 0 Å². The largest absolute Gasteiger partial charge is 0.383 e. The van der Waals surface area contributed by atoms with E-state index in [1.807, 2.05) is 12.1 Å². The van der Waals surface area contributed by atoms with Gasteiger partial charge in [-0.15, -0.1) is 0 Å². The molecule has 4 aromatic rings. The smallest absolute Gasteiger partial charge is 0.165 e. The third-order valence-corrected chi connectivity index (χ3v) is 6.50. The van der Waals surface area contributed by atoms with Crippen LogP contribution in [0, 0.1) is 11.6 Å². The second kappa shape index (κ2) is 10.7. The lowest BCUT2D eigenvalue weighted by molar-refractivity contribution is 0.144. The van der Waals surface area contributed by atoms with Gasteiger partial charge in [-0.25, -0.2) is 18.7 Å². The van der Waals surface area contributed by atoms with Crippen LogP contribution in [0.1, 0.15) is 5.56 Å². The Hall–Kier alpha value is -3.47. The molecule has 0 atom stereocenters. The predicted octanol–water partition coefficient (Wildman–Crippen LogP) is 3.45. The van der Waals surface area contributed by atoms with Gasteiger partial charge in [0.15, 0.2) is 5.82 Å². The number of halogens is 2. The Morgan fingerprint density at radius 3 is 2.44 bits per heavy atom. The first kappa shape index (κ1) is 24.2. The molecule has 0 bridgehead atoms. The molecule has 2 N–H and O–H groups in total. The fraction of sp³-hybridized carbons (Fsp3) is 0.346. The summed E-state index contributed by atoms with van der Waals surface area (Å²) in [6, 6.07) is 10.7. The Balaban J connectivity index is 1.39. The third kappa shape index (κ3) is 4.92. The molecule has 2 aromatic carbocycles. The van der Waals surface area contributed by atoms with Gasteiger partial charge in [0.1, 0.15) is 28.4 Å².